The van der Waals surface area contributed by atoms with Crippen molar-refractivity contribution in [1.29, 1.82) is 0 Å². The van der Waals surface area contributed by atoms with E-state index in [1.807, 2.05) is 5.57 Å². The normalized spacial score (nSPS) is 45.3. The van der Waals surface area contributed by atoms with E-state index in [0.29, 0.717) is 10.8 Å². The molecule has 0 saturated heterocycles. The Labute approximate surface area is 189 Å². The van der Waals surface area contributed by atoms with Crippen LogP contribution in [-0.4, -0.2) is 0 Å². The van der Waals surface area contributed by atoms with Crippen LogP contribution in [0, 0.1) is 58.2 Å². The highest BCUT2D eigenvalue weighted by Gasteiger charge is 2.58. The Bertz CT molecular complexity index is 628. The van der Waals surface area contributed by atoms with Gasteiger partial charge in [-0.05, 0) is 116 Å². The highest BCUT2D eigenvalue weighted by molar-refractivity contribution is 5.25. The van der Waals surface area contributed by atoms with E-state index in [-0.39, 0.29) is 0 Å². The van der Waals surface area contributed by atoms with Crippen molar-refractivity contribution in [1.82, 2.24) is 0 Å². The molecule has 3 fully saturated rings. The van der Waals surface area contributed by atoms with Crippen molar-refractivity contribution in [2.75, 3.05) is 0 Å². The summed E-state index contributed by atoms with van der Waals surface area (Å²) >= 11 is 0. The molecule has 0 amide bonds. The molecule has 4 aliphatic rings. The third kappa shape index (κ3) is 3.75. The lowest BCUT2D eigenvalue weighted by atomic mass is 9.46. The first kappa shape index (κ1) is 22.9. The molecule has 0 radical (unpaired) electrons. The molecule has 0 aromatic heterocycles. The van der Waals surface area contributed by atoms with Crippen molar-refractivity contribution < 1.29 is 0 Å². The molecule has 0 aromatic carbocycles. The first-order chi connectivity index (χ1) is 14.2. The number of fused-ring (bicyclic) bond motifs is 5. The topological polar surface area (TPSA) is 0 Å². The summed E-state index contributed by atoms with van der Waals surface area (Å²) in [6, 6.07) is 0. The molecule has 0 bridgehead atoms. The van der Waals surface area contributed by atoms with Crippen molar-refractivity contribution >= 4 is 0 Å². The van der Waals surface area contributed by atoms with Crippen LogP contribution in [0.15, 0.2) is 11.6 Å². The number of rotatable bonds is 6. The molecular formula is C30H52. The molecule has 4 rings (SSSR count). The minimum Gasteiger partial charge on any atom is -0.0845 e. The van der Waals surface area contributed by atoms with Crippen LogP contribution < -0.4 is 0 Å². The summed E-state index contributed by atoms with van der Waals surface area (Å²) in [6.07, 6.45) is 18.9. The Kier molecular flexibility index (Phi) is 6.56. The van der Waals surface area contributed by atoms with Crippen LogP contribution in [0.1, 0.15) is 119 Å². The summed E-state index contributed by atoms with van der Waals surface area (Å²) in [7, 11) is 0. The molecule has 0 aliphatic heterocycles. The van der Waals surface area contributed by atoms with E-state index in [4.69, 9.17) is 0 Å². The fraction of sp³-hybridized carbons (Fsp3) is 0.933. The molecule has 8 unspecified atom stereocenters. The maximum Gasteiger partial charge on any atom is -0.00851 e. The average Bonchev–Trinajstić information content (AvgIpc) is 3.06. The Balaban J connectivity index is 1.47. The van der Waals surface area contributed by atoms with E-state index in [1.54, 1.807) is 0 Å². The largest absolute Gasteiger partial charge is 0.0845 e. The van der Waals surface area contributed by atoms with E-state index in [0.717, 1.165) is 47.3 Å². The second kappa shape index (κ2) is 8.59. The molecule has 0 aromatic rings. The molecule has 0 heteroatoms. The zero-order valence-electron chi connectivity index (χ0n) is 21.5. The van der Waals surface area contributed by atoms with Gasteiger partial charge in [0.2, 0.25) is 0 Å². The standard InChI is InChI=1S/C30H52/c1-8-23(20(2)3)10-9-22(5)26-13-14-27-25-12-11-24-19-21(4)15-17-29(24,6)28(25)16-18-30(26,27)7/h11,20-23,25-28H,8-10,12-19H2,1-7H3/t21?,22-,23?,25?,26?,27?,28?,29?,30?/m1/s1. The molecule has 0 nitrogen and oxygen atoms in total. The smallest absolute Gasteiger partial charge is 0.00851 e. The van der Waals surface area contributed by atoms with Gasteiger partial charge in [-0.1, -0.05) is 73.0 Å². The molecule has 172 valence electrons. The maximum atomic E-state index is 2.76. The summed E-state index contributed by atoms with van der Waals surface area (Å²) in [5, 5.41) is 0. The zero-order valence-corrected chi connectivity index (χ0v) is 21.5. The van der Waals surface area contributed by atoms with Crippen molar-refractivity contribution in [3.05, 3.63) is 11.6 Å². The van der Waals surface area contributed by atoms with Crippen LogP contribution in [0.2, 0.25) is 0 Å². The van der Waals surface area contributed by atoms with Gasteiger partial charge in [-0.15, -0.1) is 0 Å². The molecule has 30 heavy (non-hydrogen) atoms. The lowest BCUT2D eigenvalue weighted by Crippen LogP contribution is -2.50. The van der Waals surface area contributed by atoms with E-state index in [1.165, 1.54) is 70.6 Å². The van der Waals surface area contributed by atoms with Crippen molar-refractivity contribution in [3.63, 3.8) is 0 Å². The van der Waals surface area contributed by atoms with E-state index < -0.39 is 0 Å². The minimum absolute atomic E-state index is 0.548. The van der Waals surface area contributed by atoms with Gasteiger partial charge in [-0.2, -0.15) is 0 Å². The lowest BCUT2D eigenvalue weighted by molar-refractivity contribution is -0.0525. The van der Waals surface area contributed by atoms with E-state index >= 15 is 0 Å². The third-order valence-electron chi connectivity index (χ3n) is 11.6. The summed E-state index contributed by atoms with van der Waals surface area (Å²) in [5.74, 6) is 7.59. The minimum atomic E-state index is 0.548. The van der Waals surface area contributed by atoms with Crippen molar-refractivity contribution in [2.24, 2.45) is 58.2 Å². The van der Waals surface area contributed by atoms with E-state index in [2.05, 4.69) is 54.5 Å². The Morgan fingerprint density at radius 1 is 0.967 bits per heavy atom. The quantitative estimate of drug-likeness (QED) is 0.381. The maximum absolute atomic E-state index is 2.76. The second-order valence-corrected chi connectivity index (χ2v) is 13.3. The van der Waals surface area contributed by atoms with Crippen molar-refractivity contribution in [3.8, 4) is 0 Å². The van der Waals surface area contributed by atoms with Gasteiger partial charge in [0.05, 0.1) is 0 Å². The predicted molar refractivity (Wildman–Crippen MR) is 131 cm³/mol. The SMILES string of the molecule is CCC(CC[C@@H](C)C1CCC2C3CC=C4CC(C)CCC4(C)C3CCC21C)C(C)C. The van der Waals surface area contributed by atoms with Gasteiger partial charge in [0.25, 0.3) is 0 Å². The van der Waals surface area contributed by atoms with Gasteiger partial charge >= 0.3 is 0 Å². The summed E-state index contributed by atoms with van der Waals surface area (Å²) in [6.45, 7) is 17.8. The first-order valence-corrected chi connectivity index (χ1v) is 13.9. The number of hydrogen-bond acceptors (Lipinski definition) is 0. The van der Waals surface area contributed by atoms with Crippen LogP contribution in [0.5, 0.6) is 0 Å². The van der Waals surface area contributed by atoms with Gasteiger partial charge in [0.1, 0.15) is 0 Å². The Hall–Kier alpha value is -0.260. The van der Waals surface area contributed by atoms with Crippen LogP contribution in [0.4, 0.5) is 0 Å². The zero-order chi connectivity index (χ0) is 21.7. The van der Waals surface area contributed by atoms with E-state index in [9.17, 15) is 0 Å². The fourth-order valence-corrected chi connectivity index (χ4v) is 9.51. The molecule has 3 saturated carbocycles. The lowest BCUT2D eigenvalue weighted by Gasteiger charge is -2.58. The molecule has 0 spiro atoms. The number of allylic oxidation sites excluding steroid dienone is 2. The van der Waals surface area contributed by atoms with Crippen LogP contribution in [0.3, 0.4) is 0 Å². The second-order valence-electron chi connectivity index (χ2n) is 13.3. The van der Waals surface area contributed by atoms with Crippen LogP contribution in [-0.2, 0) is 0 Å². The molecule has 0 heterocycles. The monoisotopic (exact) mass is 412 g/mol. The fourth-order valence-electron chi connectivity index (χ4n) is 9.51. The predicted octanol–water partition coefficient (Wildman–Crippen LogP) is 9.30. The van der Waals surface area contributed by atoms with Crippen molar-refractivity contribution in [2.45, 2.75) is 119 Å². The highest BCUT2D eigenvalue weighted by atomic mass is 14.6. The van der Waals surface area contributed by atoms with Gasteiger partial charge in [0, 0.05) is 0 Å². The highest BCUT2D eigenvalue weighted by Crippen LogP contribution is 2.67. The van der Waals surface area contributed by atoms with Gasteiger partial charge in [-0.25, -0.2) is 0 Å². The third-order valence-corrected chi connectivity index (χ3v) is 11.6. The Morgan fingerprint density at radius 2 is 1.73 bits per heavy atom. The summed E-state index contributed by atoms with van der Waals surface area (Å²) < 4.78 is 0. The van der Waals surface area contributed by atoms with Crippen LogP contribution in [0.25, 0.3) is 0 Å². The van der Waals surface area contributed by atoms with Crippen LogP contribution >= 0.6 is 0 Å². The molecule has 9 atom stereocenters. The Morgan fingerprint density at radius 3 is 2.43 bits per heavy atom. The average molecular weight is 413 g/mol. The molecule has 4 aliphatic carbocycles. The van der Waals surface area contributed by atoms with Gasteiger partial charge in [0.15, 0.2) is 0 Å². The molecule has 0 N–H and O–H groups in total. The summed E-state index contributed by atoms with van der Waals surface area (Å²) in [4.78, 5) is 0. The molecular weight excluding hydrogens is 360 g/mol. The van der Waals surface area contributed by atoms with Gasteiger partial charge in [-0.3, -0.25) is 0 Å². The first-order valence-electron chi connectivity index (χ1n) is 13.9. The van der Waals surface area contributed by atoms with Gasteiger partial charge < -0.3 is 0 Å². The summed E-state index contributed by atoms with van der Waals surface area (Å²) in [5.41, 5.74) is 3.05. The number of hydrogen-bond donors (Lipinski definition) is 0.